The van der Waals surface area contributed by atoms with Crippen molar-refractivity contribution in [2.24, 2.45) is 0 Å². The summed E-state index contributed by atoms with van der Waals surface area (Å²) in [6.07, 6.45) is -0.0220. The highest BCUT2D eigenvalue weighted by Crippen LogP contribution is 2.29. The summed E-state index contributed by atoms with van der Waals surface area (Å²) < 4.78 is 30.0. The Morgan fingerprint density at radius 2 is 0.957 bits per heavy atom. The number of rotatable bonds is 10. The number of hydrogen-bond donors (Lipinski definition) is 0. The largest absolute Gasteiger partial charge is 0.376 e. The first-order chi connectivity index (χ1) is 10.7. The second-order valence-corrected chi connectivity index (χ2v) is 7.28. The lowest BCUT2D eigenvalue weighted by molar-refractivity contribution is -0.115. The molecule has 1 saturated heterocycles. The summed E-state index contributed by atoms with van der Waals surface area (Å²) in [7, 11) is 0. The maximum Gasteiger partial charge on any atom is 0.115 e. The van der Waals surface area contributed by atoms with Gasteiger partial charge in [0.15, 0.2) is 0 Å². The molecular formula is C18H36O5. The quantitative estimate of drug-likeness (QED) is 0.615. The molecule has 4 unspecified atom stereocenters. The number of hydrogen-bond acceptors (Lipinski definition) is 5. The predicted octanol–water partition coefficient (Wildman–Crippen LogP) is 3.19. The third-order valence-corrected chi connectivity index (χ3v) is 3.45. The highest BCUT2D eigenvalue weighted by molar-refractivity contribution is 4.94. The van der Waals surface area contributed by atoms with Gasteiger partial charge < -0.3 is 23.7 Å². The third kappa shape index (κ3) is 7.48. The summed E-state index contributed by atoms with van der Waals surface area (Å²) in [5.41, 5.74) is 0. The van der Waals surface area contributed by atoms with Gasteiger partial charge in [-0.1, -0.05) is 0 Å². The molecule has 0 saturated carbocycles. The Morgan fingerprint density at radius 3 is 1.22 bits per heavy atom. The molecule has 1 heterocycles. The predicted molar refractivity (Wildman–Crippen MR) is 90.9 cm³/mol. The molecule has 0 spiro atoms. The van der Waals surface area contributed by atoms with E-state index < -0.39 is 0 Å². The Balaban J connectivity index is 2.82. The molecule has 0 N–H and O–H groups in total. The standard InChI is InChI=1S/C18H36O5/c1-11(2)19-9-15-17(21-13(5)6)18(22-14(7)8)16(23-15)10-20-12(3)4/h11-18H,9-10H2,1-8H3. The van der Waals surface area contributed by atoms with Crippen LogP contribution < -0.4 is 0 Å². The summed E-state index contributed by atoms with van der Waals surface area (Å²) in [4.78, 5) is 0. The smallest absolute Gasteiger partial charge is 0.115 e. The van der Waals surface area contributed by atoms with E-state index in [1.54, 1.807) is 0 Å². The zero-order chi connectivity index (χ0) is 17.6. The molecule has 0 radical (unpaired) electrons. The highest BCUT2D eigenvalue weighted by Gasteiger charge is 2.47. The normalized spacial score (nSPS) is 28.7. The summed E-state index contributed by atoms with van der Waals surface area (Å²) in [6.45, 7) is 17.2. The second-order valence-electron chi connectivity index (χ2n) is 7.28. The molecule has 0 aliphatic carbocycles. The fourth-order valence-corrected chi connectivity index (χ4v) is 2.60. The van der Waals surface area contributed by atoms with Crippen LogP contribution in [0, 0.1) is 0 Å². The van der Waals surface area contributed by atoms with E-state index in [2.05, 4.69) is 0 Å². The van der Waals surface area contributed by atoms with Crippen molar-refractivity contribution in [2.45, 2.75) is 104 Å². The van der Waals surface area contributed by atoms with Crippen LogP contribution >= 0.6 is 0 Å². The first kappa shape index (κ1) is 20.8. The molecule has 0 bridgehead atoms. The van der Waals surface area contributed by atoms with Crippen LogP contribution in [0.25, 0.3) is 0 Å². The molecule has 1 rings (SSSR count). The molecule has 23 heavy (non-hydrogen) atoms. The summed E-state index contributed by atoms with van der Waals surface area (Å²) in [5, 5.41) is 0. The minimum absolute atomic E-state index is 0.105. The average molecular weight is 332 g/mol. The number of ether oxygens (including phenoxy) is 5. The summed E-state index contributed by atoms with van der Waals surface area (Å²) in [6, 6.07) is 0. The van der Waals surface area contributed by atoms with Gasteiger partial charge in [0.1, 0.15) is 24.4 Å². The molecule has 0 aromatic heterocycles. The Bertz CT molecular complexity index is 287. The van der Waals surface area contributed by atoms with Crippen LogP contribution in [0.2, 0.25) is 0 Å². The first-order valence-electron chi connectivity index (χ1n) is 8.90. The van der Waals surface area contributed by atoms with E-state index in [-0.39, 0.29) is 48.8 Å². The van der Waals surface area contributed by atoms with Crippen LogP contribution in [-0.2, 0) is 23.7 Å². The monoisotopic (exact) mass is 332 g/mol. The van der Waals surface area contributed by atoms with E-state index in [4.69, 9.17) is 23.7 Å². The lowest BCUT2D eigenvalue weighted by Gasteiger charge is -2.28. The Kier molecular flexibility index (Phi) is 9.01. The molecular weight excluding hydrogens is 296 g/mol. The van der Waals surface area contributed by atoms with Gasteiger partial charge in [-0.05, 0) is 55.4 Å². The van der Waals surface area contributed by atoms with Crippen LogP contribution in [0.4, 0.5) is 0 Å². The SMILES string of the molecule is CC(C)OCC1OC(COC(C)C)C(OC(C)C)C1OC(C)C. The van der Waals surface area contributed by atoms with Crippen molar-refractivity contribution in [3.05, 3.63) is 0 Å². The molecule has 0 aromatic carbocycles. The maximum atomic E-state index is 6.19. The van der Waals surface area contributed by atoms with Crippen LogP contribution in [0.3, 0.4) is 0 Å². The molecule has 138 valence electrons. The van der Waals surface area contributed by atoms with E-state index in [1.165, 1.54) is 0 Å². The summed E-state index contributed by atoms with van der Waals surface area (Å²) >= 11 is 0. The lowest BCUT2D eigenvalue weighted by Crippen LogP contribution is -2.43. The molecule has 0 amide bonds. The minimum atomic E-state index is -0.142. The van der Waals surface area contributed by atoms with Crippen molar-refractivity contribution in [2.75, 3.05) is 13.2 Å². The zero-order valence-corrected chi connectivity index (χ0v) is 16.1. The van der Waals surface area contributed by atoms with Crippen molar-refractivity contribution in [1.82, 2.24) is 0 Å². The first-order valence-corrected chi connectivity index (χ1v) is 8.90. The van der Waals surface area contributed by atoms with Gasteiger partial charge >= 0.3 is 0 Å². The van der Waals surface area contributed by atoms with Crippen molar-refractivity contribution in [1.29, 1.82) is 0 Å². The van der Waals surface area contributed by atoms with Crippen molar-refractivity contribution >= 4 is 0 Å². The maximum absolute atomic E-state index is 6.19. The van der Waals surface area contributed by atoms with Crippen LogP contribution in [0.1, 0.15) is 55.4 Å². The van der Waals surface area contributed by atoms with Gasteiger partial charge in [-0.15, -0.1) is 0 Å². The molecule has 5 nitrogen and oxygen atoms in total. The Morgan fingerprint density at radius 1 is 0.609 bits per heavy atom. The molecule has 5 heteroatoms. The van der Waals surface area contributed by atoms with Crippen molar-refractivity contribution in [3.8, 4) is 0 Å². The molecule has 1 fully saturated rings. The average Bonchev–Trinajstić information content (AvgIpc) is 2.71. The van der Waals surface area contributed by atoms with Crippen LogP contribution in [0.5, 0.6) is 0 Å². The highest BCUT2D eigenvalue weighted by atomic mass is 16.6. The van der Waals surface area contributed by atoms with Gasteiger partial charge in [-0.2, -0.15) is 0 Å². The van der Waals surface area contributed by atoms with Crippen LogP contribution in [0.15, 0.2) is 0 Å². The van der Waals surface area contributed by atoms with Crippen molar-refractivity contribution in [3.63, 3.8) is 0 Å². The van der Waals surface area contributed by atoms with Gasteiger partial charge in [0.25, 0.3) is 0 Å². The molecule has 1 aliphatic heterocycles. The van der Waals surface area contributed by atoms with Gasteiger partial charge in [0.05, 0.1) is 37.6 Å². The Labute approximate surface area is 142 Å². The fraction of sp³-hybridized carbons (Fsp3) is 1.00. The topological polar surface area (TPSA) is 46.2 Å². The van der Waals surface area contributed by atoms with Crippen molar-refractivity contribution < 1.29 is 23.7 Å². The van der Waals surface area contributed by atoms with Gasteiger partial charge in [-0.3, -0.25) is 0 Å². The molecule has 4 atom stereocenters. The van der Waals surface area contributed by atoms with Gasteiger partial charge in [-0.25, -0.2) is 0 Å². The zero-order valence-electron chi connectivity index (χ0n) is 16.1. The van der Waals surface area contributed by atoms with Crippen LogP contribution in [-0.4, -0.2) is 62.0 Å². The van der Waals surface area contributed by atoms with Gasteiger partial charge in [0.2, 0.25) is 0 Å². The lowest BCUT2D eigenvalue weighted by atomic mass is 10.1. The Hall–Kier alpha value is -0.200. The molecule has 0 aromatic rings. The van der Waals surface area contributed by atoms with E-state index >= 15 is 0 Å². The minimum Gasteiger partial charge on any atom is -0.376 e. The van der Waals surface area contributed by atoms with Gasteiger partial charge in [0, 0.05) is 0 Å². The van der Waals surface area contributed by atoms with E-state index in [1.807, 2.05) is 55.4 Å². The third-order valence-electron chi connectivity index (χ3n) is 3.45. The molecule has 1 aliphatic rings. The van der Waals surface area contributed by atoms with E-state index in [9.17, 15) is 0 Å². The second kappa shape index (κ2) is 9.94. The van der Waals surface area contributed by atoms with E-state index in [0.29, 0.717) is 13.2 Å². The summed E-state index contributed by atoms with van der Waals surface area (Å²) in [5.74, 6) is 0. The van der Waals surface area contributed by atoms with E-state index in [0.717, 1.165) is 0 Å². The fourth-order valence-electron chi connectivity index (χ4n) is 2.60.